The largest absolute Gasteiger partial charge is 0.477 e. The highest BCUT2D eigenvalue weighted by Crippen LogP contribution is 2.29. The van der Waals surface area contributed by atoms with Crippen LogP contribution in [0.15, 0.2) is 6.07 Å². The van der Waals surface area contributed by atoms with Crippen LogP contribution in [0, 0.1) is 17.3 Å². The van der Waals surface area contributed by atoms with E-state index in [4.69, 9.17) is 4.74 Å². The normalized spacial score (nSPS) is 15.6. The van der Waals surface area contributed by atoms with Crippen LogP contribution in [-0.2, 0) is 9.53 Å². The van der Waals surface area contributed by atoms with Gasteiger partial charge in [-0.15, -0.1) is 11.3 Å². The molecule has 0 aromatic carbocycles. The first-order valence-electron chi connectivity index (χ1n) is 9.24. The van der Waals surface area contributed by atoms with E-state index in [1.165, 1.54) is 0 Å². The molecule has 148 valence electrons. The van der Waals surface area contributed by atoms with Crippen LogP contribution in [0.25, 0.3) is 0 Å². The Morgan fingerprint density at radius 3 is 2.59 bits per heavy atom. The molecule has 0 spiro atoms. The molecule has 1 aliphatic heterocycles. The molecule has 2 N–H and O–H groups in total. The maximum Gasteiger partial charge on any atom is 0.348 e. The van der Waals surface area contributed by atoms with Crippen molar-refractivity contribution in [3.05, 3.63) is 15.8 Å². The van der Waals surface area contributed by atoms with Gasteiger partial charge < -0.3 is 20.1 Å². The lowest BCUT2D eigenvalue weighted by molar-refractivity contribution is -0.136. The molecule has 1 saturated heterocycles. The van der Waals surface area contributed by atoms with Crippen molar-refractivity contribution >= 4 is 28.9 Å². The van der Waals surface area contributed by atoms with Gasteiger partial charge in [0.05, 0.1) is 23.8 Å². The summed E-state index contributed by atoms with van der Waals surface area (Å²) in [5.41, 5.74) is 0.295. The first-order valence-corrected chi connectivity index (χ1v) is 10.1. The van der Waals surface area contributed by atoms with Crippen molar-refractivity contribution in [3.63, 3.8) is 0 Å². The Balaban J connectivity index is 2.24. The predicted octanol–water partition coefficient (Wildman–Crippen LogP) is 3.28. The summed E-state index contributed by atoms with van der Waals surface area (Å²) < 4.78 is 5.31. The van der Waals surface area contributed by atoms with Crippen molar-refractivity contribution in [2.24, 2.45) is 5.41 Å². The number of amides is 1. The maximum atomic E-state index is 12.9. The van der Waals surface area contributed by atoms with Gasteiger partial charge in [-0.1, -0.05) is 25.2 Å². The Morgan fingerprint density at radius 1 is 1.37 bits per heavy atom. The number of hydrogen-bond donors (Lipinski definition) is 2. The second-order valence-corrected chi connectivity index (χ2v) is 8.63. The summed E-state index contributed by atoms with van der Waals surface area (Å²) in [5.74, 6) is 5.15. The minimum absolute atomic E-state index is 0.00925. The summed E-state index contributed by atoms with van der Waals surface area (Å²) in [6, 6.07) is 1.28. The van der Waals surface area contributed by atoms with Crippen molar-refractivity contribution in [1.82, 2.24) is 4.90 Å². The highest BCUT2D eigenvalue weighted by molar-refractivity contribution is 7.15. The number of anilines is 1. The van der Waals surface area contributed by atoms with Crippen LogP contribution in [-0.4, -0.2) is 54.2 Å². The summed E-state index contributed by atoms with van der Waals surface area (Å²) in [6.45, 7) is 10.2. The topological polar surface area (TPSA) is 78.9 Å². The minimum Gasteiger partial charge on any atom is -0.477 e. The number of aromatic carboxylic acids is 1. The van der Waals surface area contributed by atoms with Gasteiger partial charge in [-0.2, -0.15) is 0 Å². The smallest absolute Gasteiger partial charge is 0.348 e. The van der Waals surface area contributed by atoms with Gasteiger partial charge in [-0.25, -0.2) is 4.79 Å². The molecule has 6 nitrogen and oxygen atoms in total. The Labute approximate surface area is 164 Å². The van der Waals surface area contributed by atoms with E-state index in [9.17, 15) is 14.7 Å². The Morgan fingerprint density at radius 2 is 2.04 bits per heavy atom. The SMILES string of the molecule is CCC[C@H](Nc1cc(C#CC(C)(C)C)sc1C(=O)O)C(=O)N1CCOCC1. The summed E-state index contributed by atoms with van der Waals surface area (Å²) >= 11 is 1.14. The number of carboxylic acids is 1. The van der Waals surface area contributed by atoms with Gasteiger partial charge in [0.25, 0.3) is 0 Å². The Bertz CT molecular complexity index is 733. The van der Waals surface area contributed by atoms with Gasteiger partial charge in [0.2, 0.25) is 5.91 Å². The number of thiophene rings is 1. The average Bonchev–Trinajstić information content (AvgIpc) is 3.02. The molecule has 27 heavy (non-hydrogen) atoms. The van der Waals surface area contributed by atoms with E-state index in [1.807, 2.05) is 27.7 Å². The van der Waals surface area contributed by atoms with Crippen molar-refractivity contribution < 1.29 is 19.4 Å². The number of carbonyl (C=O) groups is 2. The molecule has 0 saturated carbocycles. The van der Waals surface area contributed by atoms with Crippen molar-refractivity contribution in [1.29, 1.82) is 0 Å². The number of nitrogens with one attached hydrogen (secondary N) is 1. The first-order chi connectivity index (χ1) is 12.7. The molecule has 1 fully saturated rings. The molecule has 2 rings (SSSR count). The zero-order chi connectivity index (χ0) is 20.0. The molecular weight excluding hydrogens is 364 g/mol. The number of rotatable bonds is 6. The summed E-state index contributed by atoms with van der Waals surface area (Å²) in [5, 5.41) is 12.7. The fourth-order valence-corrected chi connectivity index (χ4v) is 3.52. The maximum absolute atomic E-state index is 12.9. The van der Waals surface area contributed by atoms with Crippen molar-refractivity contribution in [3.8, 4) is 11.8 Å². The molecule has 1 aromatic heterocycles. The molecule has 0 bridgehead atoms. The highest BCUT2D eigenvalue weighted by Gasteiger charge is 2.27. The van der Waals surface area contributed by atoms with Gasteiger partial charge in [-0.3, -0.25) is 4.79 Å². The third-order valence-electron chi connectivity index (χ3n) is 4.01. The lowest BCUT2D eigenvalue weighted by atomic mass is 9.98. The molecule has 7 heteroatoms. The lowest BCUT2D eigenvalue weighted by Crippen LogP contribution is -2.48. The lowest BCUT2D eigenvalue weighted by Gasteiger charge is -2.31. The Hall–Kier alpha value is -2.04. The summed E-state index contributed by atoms with van der Waals surface area (Å²) in [7, 11) is 0. The van der Waals surface area contributed by atoms with Gasteiger partial charge in [-0.05, 0) is 33.3 Å². The molecule has 1 aliphatic rings. The minimum atomic E-state index is -1.01. The Kier molecular flexibility index (Phi) is 7.28. The number of hydrogen-bond acceptors (Lipinski definition) is 5. The van der Waals surface area contributed by atoms with E-state index in [-0.39, 0.29) is 16.2 Å². The molecule has 2 heterocycles. The fourth-order valence-electron chi connectivity index (χ4n) is 2.71. The number of ether oxygens (including phenoxy) is 1. The van der Waals surface area contributed by atoms with E-state index < -0.39 is 12.0 Å². The van der Waals surface area contributed by atoms with Crippen molar-refractivity contribution in [2.75, 3.05) is 31.6 Å². The van der Waals surface area contributed by atoms with E-state index in [0.717, 1.165) is 17.8 Å². The van der Waals surface area contributed by atoms with Gasteiger partial charge in [0.1, 0.15) is 10.9 Å². The van der Waals surface area contributed by atoms with Crippen LogP contribution in [0.5, 0.6) is 0 Å². The summed E-state index contributed by atoms with van der Waals surface area (Å²) in [6.07, 6.45) is 1.45. The van der Waals surface area contributed by atoms with Gasteiger partial charge in [0.15, 0.2) is 0 Å². The second kappa shape index (κ2) is 9.25. The first kappa shape index (κ1) is 21.3. The highest BCUT2D eigenvalue weighted by atomic mass is 32.1. The number of carbonyl (C=O) groups excluding carboxylic acids is 1. The number of carboxylic acid groups (broad SMARTS) is 1. The third-order valence-corrected chi connectivity index (χ3v) is 5.05. The van der Waals surface area contributed by atoms with Gasteiger partial charge in [0, 0.05) is 18.5 Å². The quantitative estimate of drug-likeness (QED) is 0.727. The molecule has 1 aromatic rings. The molecule has 0 aliphatic carbocycles. The van der Waals surface area contributed by atoms with Crippen molar-refractivity contribution in [2.45, 2.75) is 46.6 Å². The zero-order valence-electron chi connectivity index (χ0n) is 16.4. The number of nitrogens with zero attached hydrogens (tertiary/aromatic N) is 1. The standard InChI is InChI=1S/C20H28N2O4S/c1-5-6-15(18(23)22-9-11-26-12-10-22)21-16-13-14(7-8-20(2,3)4)27-17(16)19(24)25/h13,15,21H,5-6,9-12H2,1-4H3,(H,24,25)/t15-/m0/s1. The fraction of sp³-hybridized carbons (Fsp3) is 0.600. The number of morpholine rings is 1. The molecule has 0 unspecified atom stereocenters. The molecule has 1 amide bonds. The third kappa shape index (κ3) is 6.26. The van der Waals surface area contributed by atoms with E-state index in [0.29, 0.717) is 43.3 Å². The van der Waals surface area contributed by atoms with E-state index >= 15 is 0 Å². The monoisotopic (exact) mass is 392 g/mol. The van der Waals surface area contributed by atoms with Crippen LogP contribution in [0.3, 0.4) is 0 Å². The van der Waals surface area contributed by atoms with E-state index in [2.05, 4.69) is 17.2 Å². The molecule has 0 radical (unpaired) electrons. The summed E-state index contributed by atoms with van der Waals surface area (Å²) in [4.78, 5) is 27.2. The average molecular weight is 393 g/mol. The van der Waals surface area contributed by atoms with Crippen LogP contribution in [0.4, 0.5) is 5.69 Å². The zero-order valence-corrected chi connectivity index (χ0v) is 17.2. The van der Waals surface area contributed by atoms with Crippen LogP contribution in [0.2, 0.25) is 0 Å². The second-order valence-electron chi connectivity index (χ2n) is 7.58. The van der Waals surface area contributed by atoms with Gasteiger partial charge >= 0.3 is 5.97 Å². The van der Waals surface area contributed by atoms with Crippen LogP contribution < -0.4 is 5.32 Å². The molecular formula is C20H28N2O4S. The predicted molar refractivity (Wildman–Crippen MR) is 107 cm³/mol. The molecule has 1 atom stereocenters. The van der Waals surface area contributed by atoms with Crippen LogP contribution in [0.1, 0.15) is 55.1 Å². The van der Waals surface area contributed by atoms with Crippen LogP contribution >= 0.6 is 11.3 Å². The van der Waals surface area contributed by atoms with E-state index in [1.54, 1.807) is 11.0 Å².